The topological polar surface area (TPSA) is 107 Å². The van der Waals surface area contributed by atoms with Crippen LogP contribution in [0, 0.1) is 5.82 Å². The number of alkyl halides is 3. The lowest BCUT2D eigenvalue weighted by Crippen LogP contribution is -2.33. The van der Waals surface area contributed by atoms with Crippen LogP contribution in [-0.2, 0) is 14.3 Å². The van der Waals surface area contributed by atoms with Crippen molar-refractivity contribution in [1.29, 1.82) is 0 Å². The summed E-state index contributed by atoms with van der Waals surface area (Å²) in [5.74, 6) is -4.40. The van der Waals surface area contributed by atoms with Gasteiger partial charge in [-0.3, -0.25) is 9.59 Å². The maximum absolute atomic E-state index is 15.1. The molecule has 0 aliphatic heterocycles. The molecule has 4 rings (SSSR count). The predicted molar refractivity (Wildman–Crippen MR) is 153 cm³/mol. The minimum atomic E-state index is -5.39. The number of rotatable bonds is 12. The number of amides is 1. The van der Waals surface area contributed by atoms with Crippen molar-refractivity contribution >= 4 is 23.7 Å². The molecule has 4 aromatic rings. The van der Waals surface area contributed by atoms with Gasteiger partial charge in [0, 0.05) is 23.9 Å². The van der Waals surface area contributed by atoms with Crippen molar-refractivity contribution in [2.75, 3.05) is 18.5 Å². The van der Waals surface area contributed by atoms with Crippen LogP contribution in [-0.4, -0.2) is 42.2 Å². The van der Waals surface area contributed by atoms with Crippen LogP contribution in [0.4, 0.5) is 23.4 Å². The highest BCUT2D eigenvalue weighted by Gasteiger charge is 2.42. The number of nitrogens with zero attached hydrogens (tertiary/aromatic N) is 1. The van der Waals surface area contributed by atoms with Gasteiger partial charge in [0.25, 0.3) is 5.91 Å². The summed E-state index contributed by atoms with van der Waals surface area (Å²) in [5.41, 5.74) is 1.02. The second-order valence-corrected chi connectivity index (χ2v) is 9.46. The van der Waals surface area contributed by atoms with E-state index in [1.807, 2.05) is 18.2 Å². The smallest absolute Gasteiger partial charge is 0.491 e. The third-order valence-corrected chi connectivity index (χ3v) is 6.27. The largest absolute Gasteiger partial charge is 0.494 e. The number of benzene rings is 3. The summed E-state index contributed by atoms with van der Waals surface area (Å²) in [6.45, 7) is 1.01. The lowest BCUT2D eigenvalue weighted by molar-refractivity contribution is -0.202. The number of esters is 2. The van der Waals surface area contributed by atoms with Gasteiger partial charge in [-0.25, -0.2) is 14.2 Å². The Hall–Kier alpha value is -5.26. The minimum Gasteiger partial charge on any atom is -0.494 e. The number of aromatic nitrogens is 1. The Labute approximate surface area is 250 Å². The molecule has 1 unspecified atom stereocenters. The molecular weight excluding hydrogens is 582 g/mol. The standard InChI is InChI=1S/C32H27F4N3O5/c33-26-19-23(12-15-25(26)21-7-2-1-3-8-21)27(20-29(40)44-31(42)32(34,35)36)39-30(41)22-10-13-24(14-11-22)43-18-6-17-38-28-9-4-5-16-37-28/h1-5,7-16,19,27H,6,17-18,20H2,(H,37,38)(H,39,41). The van der Waals surface area contributed by atoms with Gasteiger partial charge < -0.3 is 20.1 Å². The fourth-order valence-corrected chi connectivity index (χ4v) is 4.11. The molecule has 0 saturated carbocycles. The summed E-state index contributed by atoms with van der Waals surface area (Å²) in [6, 6.07) is 22.7. The second kappa shape index (κ2) is 14.8. The maximum atomic E-state index is 15.1. The maximum Gasteiger partial charge on any atom is 0.491 e. The van der Waals surface area contributed by atoms with Crippen LogP contribution in [0.25, 0.3) is 11.1 Å². The van der Waals surface area contributed by atoms with Gasteiger partial charge in [0.05, 0.1) is 19.1 Å². The minimum absolute atomic E-state index is 0.0752. The highest BCUT2D eigenvalue weighted by atomic mass is 19.4. The van der Waals surface area contributed by atoms with E-state index in [1.165, 1.54) is 24.3 Å². The molecule has 8 nitrogen and oxygen atoms in total. The Morgan fingerprint density at radius 2 is 1.61 bits per heavy atom. The highest BCUT2D eigenvalue weighted by Crippen LogP contribution is 2.28. The van der Waals surface area contributed by atoms with E-state index < -0.39 is 42.3 Å². The number of nitrogens with one attached hydrogen (secondary N) is 2. The zero-order chi connectivity index (χ0) is 31.5. The van der Waals surface area contributed by atoms with Crippen LogP contribution in [0.15, 0.2) is 97.2 Å². The summed E-state index contributed by atoms with van der Waals surface area (Å²) in [7, 11) is 0. The second-order valence-electron chi connectivity index (χ2n) is 9.46. The first-order chi connectivity index (χ1) is 21.1. The van der Waals surface area contributed by atoms with Crippen molar-refractivity contribution in [3.8, 4) is 16.9 Å². The van der Waals surface area contributed by atoms with Gasteiger partial charge in [-0.2, -0.15) is 13.2 Å². The Kier molecular flexibility index (Phi) is 10.6. The molecule has 44 heavy (non-hydrogen) atoms. The molecule has 1 amide bonds. The fourth-order valence-electron chi connectivity index (χ4n) is 4.11. The van der Waals surface area contributed by atoms with Crippen LogP contribution in [0.5, 0.6) is 5.75 Å². The predicted octanol–water partition coefficient (Wildman–Crippen LogP) is 6.26. The molecule has 1 heterocycles. The van der Waals surface area contributed by atoms with Gasteiger partial charge >= 0.3 is 18.1 Å². The van der Waals surface area contributed by atoms with Crippen LogP contribution >= 0.6 is 0 Å². The molecule has 1 aromatic heterocycles. The number of carbonyl (C=O) groups is 3. The fraction of sp³-hybridized carbons (Fsp3) is 0.188. The summed E-state index contributed by atoms with van der Waals surface area (Å²) < 4.78 is 62.5. The van der Waals surface area contributed by atoms with Gasteiger partial charge in [0.1, 0.15) is 17.4 Å². The lowest BCUT2D eigenvalue weighted by Gasteiger charge is -2.19. The summed E-state index contributed by atoms with van der Waals surface area (Å²) >= 11 is 0. The Morgan fingerprint density at radius 1 is 0.886 bits per heavy atom. The number of ether oxygens (including phenoxy) is 2. The van der Waals surface area contributed by atoms with Crippen molar-refractivity contribution in [3.63, 3.8) is 0 Å². The molecule has 0 spiro atoms. The van der Waals surface area contributed by atoms with E-state index in [2.05, 4.69) is 20.4 Å². The monoisotopic (exact) mass is 609 g/mol. The Morgan fingerprint density at radius 3 is 2.27 bits per heavy atom. The van der Waals surface area contributed by atoms with Gasteiger partial charge in [0.2, 0.25) is 0 Å². The first kappa shape index (κ1) is 31.7. The van der Waals surface area contributed by atoms with Crippen molar-refractivity contribution in [2.24, 2.45) is 0 Å². The van der Waals surface area contributed by atoms with Crippen LogP contribution in [0.1, 0.15) is 34.8 Å². The van der Waals surface area contributed by atoms with Crippen molar-refractivity contribution in [3.05, 3.63) is 114 Å². The average molecular weight is 610 g/mol. The van der Waals surface area contributed by atoms with E-state index in [9.17, 15) is 27.6 Å². The first-order valence-electron chi connectivity index (χ1n) is 13.5. The molecule has 0 fully saturated rings. The number of hydrogen-bond donors (Lipinski definition) is 2. The molecule has 0 aliphatic carbocycles. The number of carbonyl (C=O) groups excluding carboxylic acids is 3. The summed E-state index contributed by atoms with van der Waals surface area (Å²) in [6.07, 6.45) is -3.91. The van der Waals surface area contributed by atoms with Crippen molar-refractivity contribution in [1.82, 2.24) is 10.3 Å². The summed E-state index contributed by atoms with van der Waals surface area (Å²) in [5, 5.41) is 5.68. The number of anilines is 1. The van der Waals surface area contributed by atoms with Crippen molar-refractivity contribution in [2.45, 2.75) is 25.1 Å². The van der Waals surface area contributed by atoms with E-state index in [1.54, 1.807) is 48.7 Å². The molecule has 0 saturated heterocycles. The van der Waals surface area contributed by atoms with Gasteiger partial charge in [-0.05, 0) is 60.0 Å². The average Bonchev–Trinajstić information content (AvgIpc) is 3.01. The number of halogens is 4. The quantitative estimate of drug-likeness (QED) is 0.0845. The van der Waals surface area contributed by atoms with E-state index in [4.69, 9.17) is 4.74 Å². The Balaban J connectivity index is 1.41. The van der Waals surface area contributed by atoms with Gasteiger partial charge in [-0.15, -0.1) is 0 Å². The van der Waals surface area contributed by atoms with E-state index in [0.29, 0.717) is 30.9 Å². The first-order valence-corrected chi connectivity index (χ1v) is 13.5. The van der Waals surface area contributed by atoms with Crippen molar-refractivity contribution < 1.29 is 41.4 Å². The molecule has 12 heteroatoms. The molecule has 0 bridgehead atoms. The zero-order valence-corrected chi connectivity index (χ0v) is 23.1. The molecule has 3 aromatic carbocycles. The van der Waals surface area contributed by atoms with E-state index >= 15 is 4.39 Å². The van der Waals surface area contributed by atoms with Gasteiger partial charge in [-0.1, -0.05) is 48.5 Å². The normalized spacial score (nSPS) is 11.7. The molecular formula is C32H27F4N3O5. The molecule has 228 valence electrons. The zero-order valence-electron chi connectivity index (χ0n) is 23.1. The molecule has 0 aliphatic rings. The Bertz CT molecular complexity index is 1570. The van der Waals surface area contributed by atoms with E-state index in [-0.39, 0.29) is 16.7 Å². The lowest BCUT2D eigenvalue weighted by atomic mass is 9.98. The third-order valence-electron chi connectivity index (χ3n) is 6.27. The molecule has 1 atom stereocenters. The highest BCUT2D eigenvalue weighted by molar-refractivity contribution is 5.95. The van der Waals surface area contributed by atoms with Crippen LogP contribution < -0.4 is 15.4 Å². The molecule has 0 radical (unpaired) electrons. The van der Waals surface area contributed by atoms with Crippen LogP contribution in [0.3, 0.4) is 0 Å². The SMILES string of the molecule is O=C(CC(NC(=O)c1ccc(OCCCNc2ccccn2)cc1)c1ccc(-c2ccccc2)c(F)c1)OC(=O)C(F)(F)F. The summed E-state index contributed by atoms with van der Waals surface area (Å²) in [4.78, 5) is 40.6. The van der Waals surface area contributed by atoms with Crippen LogP contribution in [0.2, 0.25) is 0 Å². The molecule has 2 N–H and O–H groups in total. The third kappa shape index (κ3) is 9.12. The number of pyridine rings is 1. The van der Waals surface area contributed by atoms with Gasteiger partial charge in [0.15, 0.2) is 0 Å². The van der Waals surface area contributed by atoms with E-state index in [0.717, 1.165) is 11.9 Å². The number of hydrogen-bond acceptors (Lipinski definition) is 7.